The Balaban J connectivity index is 1.16. The topological polar surface area (TPSA) is 264 Å². The lowest BCUT2D eigenvalue weighted by molar-refractivity contribution is -0.0514. The summed E-state index contributed by atoms with van der Waals surface area (Å²) in [5, 5.41) is 0. The van der Waals surface area contributed by atoms with Gasteiger partial charge in [-0.05, 0) is 0 Å². The van der Waals surface area contributed by atoms with Crippen LogP contribution in [-0.2, 0) is 30.9 Å². The van der Waals surface area contributed by atoms with Gasteiger partial charge in [0.1, 0.15) is 77.5 Å². The van der Waals surface area contributed by atoms with Crippen LogP contribution in [0.2, 0.25) is 0 Å². The van der Waals surface area contributed by atoms with Crippen LogP contribution in [-0.4, -0.2) is 93.6 Å². The van der Waals surface area contributed by atoms with E-state index in [2.05, 4.69) is 34.8 Å². The summed E-state index contributed by atoms with van der Waals surface area (Å²) in [4.78, 5) is 46.6. The molecular formula is C21H28IN11O9P2. The summed E-state index contributed by atoms with van der Waals surface area (Å²) in [7, 11) is -5.64. The Morgan fingerprint density at radius 2 is 1.50 bits per heavy atom. The zero-order valence-corrected chi connectivity index (χ0v) is 26.8. The van der Waals surface area contributed by atoms with Crippen molar-refractivity contribution >= 4 is 73.2 Å². The van der Waals surface area contributed by atoms with Crippen molar-refractivity contribution in [2.24, 2.45) is 0 Å². The lowest BCUT2D eigenvalue weighted by Crippen LogP contribution is -2.30. The van der Waals surface area contributed by atoms with E-state index in [4.69, 9.17) is 37.8 Å². The molecule has 0 radical (unpaired) electrons. The first-order valence-corrected chi connectivity index (χ1v) is 16.7. The molecule has 0 amide bonds. The molecule has 0 spiro atoms. The second-order valence-electron chi connectivity index (χ2n) is 9.82. The van der Waals surface area contributed by atoms with Crippen LogP contribution in [0, 0.1) is 0 Å². The van der Waals surface area contributed by atoms with Crippen molar-refractivity contribution in [1.29, 1.82) is 0 Å². The summed E-state index contributed by atoms with van der Waals surface area (Å²) >= 11 is 1.78. The quantitative estimate of drug-likeness (QED) is 0.0998. The SMILES string of the molecule is COCC1OC(n2cnc3c(N)ncnc32)CC1OP(NP(=O)(O)O)OCC1OC(n2cnc3c(N)ncnc32)CC1OI. The predicted molar refractivity (Wildman–Crippen MR) is 160 cm³/mol. The highest BCUT2D eigenvalue weighted by atomic mass is 127. The molecule has 0 bridgehead atoms. The van der Waals surface area contributed by atoms with E-state index < -0.39 is 53.1 Å². The van der Waals surface area contributed by atoms with Crippen LogP contribution in [0.4, 0.5) is 11.6 Å². The van der Waals surface area contributed by atoms with E-state index in [1.54, 1.807) is 38.5 Å². The minimum absolute atomic E-state index is 0.124. The number of nitrogen functional groups attached to an aromatic ring is 2. The maximum absolute atomic E-state index is 12.0. The Hall–Kier alpha value is -2.27. The number of nitrogens with one attached hydrogen (secondary N) is 1. The highest BCUT2D eigenvalue weighted by molar-refractivity contribution is 14.1. The molecule has 2 fully saturated rings. The molecule has 4 aromatic heterocycles. The maximum Gasteiger partial charge on any atom is 0.407 e. The molecule has 20 nitrogen and oxygen atoms in total. The number of anilines is 2. The molecule has 6 heterocycles. The normalized spacial score (nSPS) is 26.6. The fraction of sp³-hybridized carbons (Fsp3) is 0.524. The number of ether oxygens (including phenoxy) is 3. The summed E-state index contributed by atoms with van der Waals surface area (Å²) < 4.78 is 50.7. The fourth-order valence-corrected chi connectivity index (χ4v) is 7.64. The number of rotatable bonds is 12. The number of hydrogen-bond donors (Lipinski definition) is 5. The highest BCUT2D eigenvalue weighted by Gasteiger charge is 2.43. The first kappa shape index (κ1) is 31.7. The summed E-state index contributed by atoms with van der Waals surface area (Å²) in [6.45, 7) is 0.00995. The molecule has 7 N–H and O–H groups in total. The molecule has 0 aliphatic carbocycles. The van der Waals surface area contributed by atoms with Gasteiger partial charge in [-0.3, -0.25) is 9.13 Å². The number of halogens is 1. The summed E-state index contributed by atoms with van der Waals surface area (Å²) in [5.74, 6) is 0.461. The predicted octanol–water partition coefficient (Wildman–Crippen LogP) is 1.10. The van der Waals surface area contributed by atoms with Gasteiger partial charge in [0.2, 0.25) is 0 Å². The van der Waals surface area contributed by atoms with Crippen molar-refractivity contribution in [2.75, 3.05) is 31.8 Å². The summed E-state index contributed by atoms with van der Waals surface area (Å²) in [6, 6.07) is 0. The molecule has 4 aromatic rings. The molecule has 44 heavy (non-hydrogen) atoms. The van der Waals surface area contributed by atoms with Crippen molar-refractivity contribution in [3.05, 3.63) is 25.3 Å². The van der Waals surface area contributed by atoms with Crippen molar-refractivity contribution in [3.8, 4) is 0 Å². The largest absolute Gasteiger partial charge is 0.407 e. The number of methoxy groups -OCH3 is 1. The number of nitrogens with two attached hydrogens (primary N) is 2. The van der Waals surface area contributed by atoms with Gasteiger partial charge in [-0.15, -0.1) is 0 Å². The lowest BCUT2D eigenvalue weighted by Gasteiger charge is -2.26. The van der Waals surface area contributed by atoms with E-state index in [1.807, 2.05) is 0 Å². The Bertz CT molecular complexity index is 1660. The molecule has 6 rings (SSSR count). The number of hydrogen-bond acceptors (Lipinski definition) is 15. The molecule has 2 saturated heterocycles. The van der Waals surface area contributed by atoms with Crippen molar-refractivity contribution < 1.29 is 40.7 Å². The van der Waals surface area contributed by atoms with Gasteiger partial charge in [-0.1, -0.05) is 0 Å². The van der Waals surface area contributed by atoms with Gasteiger partial charge in [-0.25, -0.2) is 34.5 Å². The van der Waals surface area contributed by atoms with E-state index in [-0.39, 0.29) is 31.3 Å². The van der Waals surface area contributed by atoms with Crippen molar-refractivity contribution in [2.45, 2.75) is 49.7 Å². The third-order valence-corrected chi connectivity index (χ3v) is 10.2. The molecule has 7 unspecified atom stereocenters. The van der Waals surface area contributed by atoms with Gasteiger partial charge < -0.3 is 47.6 Å². The first-order chi connectivity index (χ1) is 21.1. The second-order valence-corrected chi connectivity index (χ2v) is 13.2. The Morgan fingerprint density at radius 1 is 0.955 bits per heavy atom. The van der Waals surface area contributed by atoms with E-state index in [1.165, 1.54) is 26.1 Å². The lowest BCUT2D eigenvalue weighted by atomic mass is 10.2. The Morgan fingerprint density at radius 3 is 2.02 bits per heavy atom. The number of aromatic nitrogens is 8. The molecule has 23 heteroatoms. The van der Waals surface area contributed by atoms with Gasteiger partial charge in [-0.2, -0.15) is 4.86 Å². The monoisotopic (exact) mass is 767 g/mol. The minimum atomic E-state index is -4.78. The fourth-order valence-electron chi connectivity index (χ4n) is 5.03. The van der Waals surface area contributed by atoms with E-state index in [0.717, 1.165) is 0 Å². The van der Waals surface area contributed by atoms with Crippen LogP contribution >= 0.6 is 39.3 Å². The van der Waals surface area contributed by atoms with Gasteiger partial charge in [0.25, 0.3) is 8.53 Å². The van der Waals surface area contributed by atoms with Gasteiger partial charge in [0.15, 0.2) is 22.9 Å². The summed E-state index contributed by atoms with van der Waals surface area (Å²) in [6.07, 6.45) is 2.91. The Kier molecular flexibility index (Phi) is 9.53. The van der Waals surface area contributed by atoms with E-state index in [0.29, 0.717) is 28.7 Å². The van der Waals surface area contributed by atoms with Gasteiger partial charge in [0.05, 0.1) is 32.0 Å². The number of fused-ring (bicyclic) bond motifs is 2. The third-order valence-electron chi connectivity index (χ3n) is 7.00. The molecule has 2 aliphatic heterocycles. The third kappa shape index (κ3) is 6.64. The Labute approximate surface area is 264 Å². The molecular weight excluding hydrogens is 739 g/mol. The minimum Gasteiger partial charge on any atom is -0.382 e. The van der Waals surface area contributed by atoms with E-state index in [9.17, 15) is 14.4 Å². The van der Waals surface area contributed by atoms with Crippen LogP contribution in [0.1, 0.15) is 25.3 Å². The van der Waals surface area contributed by atoms with Crippen LogP contribution < -0.4 is 16.3 Å². The summed E-state index contributed by atoms with van der Waals surface area (Å²) in [5.41, 5.74) is 13.6. The number of imidazole rings is 2. The first-order valence-electron chi connectivity index (χ1n) is 13.0. The van der Waals surface area contributed by atoms with Crippen LogP contribution in [0.3, 0.4) is 0 Å². The van der Waals surface area contributed by atoms with E-state index >= 15 is 0 Å². The standard InChI is InChI=1S/C21H28IN11O9P2/c1-37-4-12-11(3-15(39-12)33-9-30-17-19(24)26-7-28-21(17)33)42-43(31-44(34,35)36)38-5-13-10(41-22)2-14(40-13)32-8-29-16-18(23)25-6-27-20(16)32/h6-15H,2-5H2,1H3,(H2,23,25,27)(H2,24,26,28)(H3,31,34,35,36). The smallest absolute Gasteiger partial charge is 0.382 e. The molecule has 7 atom stereocenters. The average molecular weight is 767 g/mol. The number of nitrogens with zero attached hydrogens (tertiary/aromatic N) is 8. The molecule has 0 saturated carbocycles. The zero-order chi connectivity index (χ0) is 31.0. The molecule has 0 aromatic carbocycles. The van der Waals surface area contributed by atoms with Crippen LogP contribution in [0.5, 0.6) is 0 Å². The van der Waals surface area contributed by atoms with Crippen LogP contribution in [0.25, 0.3) is 22.3 Å². The van der Waals surface area contributed by atoms with Gasteiger partial charge in [0, 0.05) is 20.0 Å². The highest BCUT2D eigenvalue weighted by Crippen LogP contribution is 2.50. The molecule has 238 valence electrons. The zero-order valence-electron chi connectivity index (χ0n) is 22.9. The second kappa shape index (κ2) is 13.2. The van der Waals surface area contributed by atoms with Gasteiger partial charge >= 0.3 is 7.75 Å². The molecule has 2 aliphatic rings. The maximum atomic E-state index is 12.0. The van der Waals surface area contributed by atoms with Crippen molar-refractivity contribution in [3.63, 3.8) is 0 Å². The average Bonchev–Trinajstić information content (AvgIpc) is 3.76. The van der Waals surface area contributed by atoms with Crippen LogP contribution in [0.15, 0.2) is 25.3 Å². The van der Waals surface area contributed by atoms with Crippen molar-refractivity contribution in [1.82, 2.24) is 43.9 Å².